The number of nitrogens with zero attached hydrogens (tertiary/aromatic N) is 2. The van der Waals surface area contributed by atoms with Gasteiger partial charge in [0.25, 0.3) is 0 Å². The number of hydrogen-bond acceptors (Lipinski definition) is 3. The molecule has 1 atom stereocenters. The van der Waals surface area contributed by atoms with Crippen LogP contribution in [-0.4, -0.2) is 9.78 Å². The van der Waals surface area contributed by atoms with E-state index in [0.29, 0.717) is 5.56 Å². The monoisotopic (exact) mass is 234 g/mol. The average Bonchev–Trinajstić information content (AvgIpc) is 2.71. The van der Waals surface area contributed by atoms with E-state index in [-0.39, 0.29) is 11.9 Å². The molecule has 0 fully saturated rings. The van der Waals surface area contributed by atoms with Crippen molar-refractivity contribution < 1.29 is 4.39 Å². The molecule has 90 valence electrons. The van der Waals surface area contributed by atoms with E-state index in [1.807, 2.05) is 20.2 Å². The quantitative estimate of drug-likeness (QED) is 0.624. The minimum Gasteiger partial charge on any atom is -0.275 e. The summed E-state index contributed by atoms with van der Waals surface area (Å²) < 4.78 is 15.4. The molecule has 3 N–H and O–H groups in total. The minimum absolute atomic E-state index is 0.276. The highest BCUT2D eigenvalue weighted by Gasteiger charge is 2.17. The molecule has 0 amide bonds. The SMILES string of the molecule is Cc1ccc(F)c(C(NN)c2cnn(C)c2)c1. The van der Waals surface area contributed by atoms with Crippen molar-refractivity contribution in [2.24, 2.45) is 12.9 Å². The zero-order valence-electron chi connectivity index (χ0n) is 9.81. The first-order chi connectivity index (χ1) is 8.11. The number of halogens is 1. The summed E-state index contributed by atoms with van der Waals surface area (Å²) in [5.74, 6) is 5.24. The van der Waals surface area contributed by atoms with Crippen molar-refractivity contribution >= 4 is 0 Å². The first-order valence-corrected chi connectivity index (χ1v) is 5.32. The Balaban J connectivity index is 2.45. The summed E-state index contributed by atoms with van der Waals surface area (Å²) >= 11 is 0. The number of aryl methyl sites for hydroxylation is 2. The van der Waals surface area contributed by atoms with Crippen molar-refractivity contribution in [3.63, 3.8) is 0 Å². The van der Waals surface area contributed by atoms with E-state index >= 15 is 0 Å². The summed E-state index contributed by atoms with van der Waals surface area (Å²) in [6.45, 7) is 1.92. The van der Waals surface area contributed by atoms with E-state index in [9.17, 15) is 4.39 Å². The fraction of sp³-hybridized carbons (Fsp3) is 0.250. The lowest BCUT2D eigenvalue weighted by Gasteiger charge is -2.16. The molecule has 17 heavy (non-hydrogen) atoms. The highest BCUT2D eigenvalue weighted by molar-refractivity contribution is 5.33. The van der Waals surface area contributed by atoms with Crippen LogP contribution in [0.4, 0.5) is 4.39 Å². The Bertz CT molecular complexity index is 521. The van der Waals surface area contributed by atoms with Gasteiger partial charge in [-0.15, -0.1) is 0 Å². The van der Waals surface area contributed by atoms with Gasteiger partial charge in [-0.3, -0.25) is 10.5 Å². The maximum atomic E-state index is 13.8. The van der Waals surface area contributed by atoms with Crippen molar-refractivity contribution in [3.05, 3.63) is 53.1 Å². The fourth-order valence-electron chi connectivity index (χ4n) is 1.84. The van der Waals surface area contributed by atoms with Gasteiger partial charge in [0.05, 0.1) is 12.2 Å². The Morgan fingerprint density at radius 2 is 2.24 bits per heavy atom. The van der Waals surface area contributed by atoms with Crippen molar-refractivity contribution in [2.45, 2.75) is 13.0 Å². The summed E-state index contributed by atoms with van der Waals surface area (Å²) in [5.41, 5.74) is 4.98. The Kier molecular flexibility index (Phi) is 3.21. The van der Waals surface area contributed by atoms with Crippen molar-refractivity contribution in [1.82, 2.24) is 15.2 Å². The predicted octanol–water partition coefficient (Wildman–Crippen LogP) is 1.42. The van der Waals surface area contributed by atoms with E-state index in [2.05, 4.69) is 10.5 Å². The van der Waals surface area contributed by atoms with Crippen LogP contribution in [0.3, 0.4) is 0 Å². The van der Waals surface area contributed by atoms with Gasteiger partial charge >= 0.3 is 0 Å². The molecule has 0 aliphatic carbocycles. The molecular weight excluding hydrogens is 219 g/mol. The smallest absolute Gasteiger partial charge is 0.128 e. The maximum Gasteiger partial charge on any atom is 0.128 e. The van der Waals surface area contributed by atoms with Crippen LogP contribution in [-0.2, 0) is 7.05 Å². The molecule has 4 nitrogen and oxygen atoms in total. The van der Waals surface area contributed by atoms with Gasteiger partial charge in [0.15, 0.2) is 0 Å². The van der Waals surface area contributed by atoms with Gasteiger partial charge < -0.3 is 0 Å². The fourth-order valence-corrected chi connectivity index (χ4v) is 1.84. The lowest BCUT2D eigenvalue weighted by molar-refractivity contribution is 0.559. The van der Waals surface area contributed by atoms with Crippen LogP contribution in [0.1, 0.15) is 22.7 Å². The van der Waals surface area contributed by atoms with Crippen molar-refractivity contribution in [1.29, 1.82) is 0 Å². The molecular formula is C12H15FN4. The number of aromatic nitrogens is 2. The maximum absolute atomic E-state index is 13.8. The summed E-state index contributed by atoms with van der Waals surface area (Å²) in [6.07, 6.45) is 3.48. The van der Waals surface area contributed by atoms with Gasteiger partial charge in [0, 0.05) is 24.4 Å². The predicted molar refractivity (Wildman–Crippen MR) is 63.5 cm³/mol. The van der Waals surface area contributed by atoms with Crippen LogP contribution < -0.4 is 11.3 Å². The third-order valence-corrected chi connectivity index (χ3v) is 2.69. The third kappa shape index (κ3) is 2.35. The van der Waals surface area contributed by atoms with Crippen LogP contribution in [0.2, 0.25) is 0 Å². The first kappa shape index (κ1) is 11.8. The molecule has 2 rings (SSSR count). The first-order valence-electron chi connectivity index (χ1n) is 5.32. The average molecular weight is 234 g/mol. The standard InChI is InChI=1S/C12H15FN4/c1-8-3-4-11(13)10(5-8)12(16-14)9-6-15-17(2)7-9/h3-7,12,16H,14H2,1-2H3. The van der Waals surface area contributed by atoms with Crippen molar-refractivity contribution in [3.8, 4) is 0 Å². The number of nitrogens with one attached hydrogen (secondary N) is 1. The molecule has 1 aromatic heterocycles. The second kappa shape index (κ2) is 4.65. The van der Waals surface area contributed by atoms with E-state index in [4.69, 9.17) is 5.84 Å². The molecule has 0 spiro atoms. The van der Waals surface area contributed by atoms with E-state index in [1.54, 1.807) is 23.0 Å². The Labute approximate surface area is 99.2 Å². The van der Waals surface area contributed by atoms with Gasteiger partial charge in [0.2, 0.25) is 0 Å². The number of nitrogens with two attached hydrogens (primary N) is 1. The van der Waals surface area contributed by atoms with E-state index in [0.717, 1.165) is 11.1 Å². The molecule has 0 bridgehead atoms. The number of benzene rings is 1. The largest absolute Gasteiger partial charge is 0.275 e. The second-order valence-electron chi connectivity index (χ2n) is 4.07. The Hall–Kier alpha value is -1.72. The molecule has 0 aliphatic heterocycles. The molecule has 0 saturated heterocycles. The van der Waals surface area contributed by atoms with Crippen LogP contribution in [0.5, 0.6) is 0 Å². The molecule has 1 aromatic carbocycles. The van der Waals surface area contributed by atoms with Gasteiger partial charge in [0.1, 0.15) is 5.82 Å². The van der Waals surface area contributed by atoms with E-state index in [1.165, 1.54) is 6.07 Å². The molecule has 0 radical (unpaired) electrons. The van der Waals surface area contributed by atoms with Crippen LogP contribution >= 0.6 is 0 Å². The molecule has 1 unspecified atom stereocenters. The normalized spacial score (nSPS) is 12.7. The van der Waals surface area contributed by atoms with Gasteiger partial charge in [-0.05, 0) is 13.0 Å². The summed E-state index contributed by atoms with van der Waals surface area (Å²) in [7, 11) is 1.81. The minimum atomic E-state index is -0.386. The molecule has 0 saturated carbocycles. The van der Waals surface area contributed by atoms with Crippen LogP contribution in [0.25, 0.3) is 0 Å². The molecule has 2 aromatic rings. The third-order valence-electron chi connectivity index (χ3n) is 2.69. The zero-order valence-corrected chi connectivity index (χ0v) is 9.81. The topological polar surface area (TPSA) is 55.9 Å². The van der Waals surface area contributed by atoms with Crippen LogP contribution in [0, 0.1) is 12.7 Å². The molecule has 0 aliphatic rings. The van der Waals surface area contributed by atoms with Crippen LogP contribution in [0.15, 0.2) is 30.6 Å². The summed E-state index contributed by atoms with van der Waals surface area (Å²) in [4.78, 5) is 0. The Morgan fingerprint density at radius 1 is 1.47 bits per heavy atom. The van der Waals surface area contributed by atoms with Gasteiger partial charge in [-0.1, -0.05) is 17.7 Å². The summed E-state index contributed by atoms with van der Waals surface area (Å²) in [6, 6.07) is 4.58. The number of hydrogen-bond donors (Lipinski definition) is 2. The number of rotatable bonds is 3. The highest BCUT2D eigenvalue weighted by Crippen LogP contribution is 2.24. The lowest BCUT2D eigenvalue weighted by atomic mass is 10.00. The van der Waals surface area contributed by atoms with Crippen molar-refractivity contribution in [2.75, 3.05) is 0 Å². The van der Waals surface area contributed by atoms with Gasteiger partial charge in [-0.25, -0.2) is 9.82 Å². The number of hydrazine groups is 1. The van der Waals surface area contributed by atoms with E-state index < -0.39 is 0 Å². The second-order valence-corrected chi connectivity index (χ2v) is 4.07. The highest BCUT2D eigenvalue weighted by atomic mass is 19.1. The van der Waals surface area contributed by atoms with Gasteiger partial charge in [-0.2, -0.15) is 5.10 Å². The molecule has 5 heteroatoms. The Morgan fingerprint density at radius 3 is 2.82 bits per heavy atom. The lowest BCUT2D eigenvalue weighted by Crippen LogP contribution is -2.29. The zero-order chi connectivity index (χ0) is 12.4. The molecule has 1 heterocycles. The summed E-state index contributed by atoms with van der Waals surface area (Å²) in [5, 5.41) is 4.06.